The molecule has 0 radical (unpaired) electrons. The molecule has 0 unspecified atom stereocenters. The molecule has 0 aliphatic carbocycles. The van der Waals surface area contributed by atoms with Crippen molar-refractivity contribution in [3.05, 3.63) is 10.6 Å². The van der Waals surface area contributed by atoms with Gasteiger partial charge in [-0.15, -0.1) is 0 Å². The number of halogens is 4. The third kappa shape index (κ3) is 5.53. The van der Waals surface area contributed by atoms with Crippen LogP contribution < -0.4 is 0 Å². The maximum atomic E-state index is 12.1. The fourth-order valence-corrected chi connectivity index (χ4v) is 1.26. The predicted octanol–water partition coefficient (Wildman–Crippen LogP) is 5.03. The van der Waals surface area contributed by atoms with Crippen LogP contribution in [-0.4, -0.2) is 6.18 Å². The highest BCUT2D eigenvalue weighted by atomic mass is 35.5. The van der Waals surface area contributed by atoms with Gasteiger partial charge in [0, 0.05) is 0 Å². The van der Waals surface area contributed by atoms with Gasteiger partial charge in [0.1, 0.15) is 5.03 Å². The average molecular weight is 229 g/mol. The van der Waals surface area contributed by atoms with Crippen LogP contribution in [0.1, 0.15) is 46.0 Å². The zero-order valence-corrected chi connectivity index (χ0v) is 9.30. The molecular formula is C10H16ClF3. The van der Waals surface area contributed by atoms with E-state index in [9.17, 15) is 13.2 Å². The third-order valence-corrected chi connectivity index (χ3v) is 2.57. The van der Waals surface area contributed by atoms with Crippen LogP contribution in [0.5, 0.6) is 0 Å². The Bertz CT molecular complexity index is 194. The van der Waals surface area contributed by atoms with E-state index in [0.29, 0.717) is 6.42 Å². The molecule has 0 nitrogen and oxygen atoms in total. The van der Waals surface area contributed by atoms with Gasteiger partial charge in [0.05, 0.1) is 0 Å². The van der Waals surface area contributed by atoms with E-state index in [4.69, 9.17) is 11.6 Å². The number of allylic oxidation sites excluding steroid dienone is 2. The molecule has 0 aromatic heterocycles. The van der Waals surface area contributed by atoms with E-state index in [1.54, 1.807) is 0 Å². The van der Waals surface area contributed by atoms with Gasteiger partial charge in [0.2, 0.25) is 0 Å². The molecule has 84 valence electrons. The van der Waals surface area contributed by atoms with E-state index in [-0.39, 0.29) is 5.57 Å². The van der Waals surface area contributed by atoms with Gasteiger partial charge < -0.3 is 0 Å². The van der Waals surface area contributed by atoms with Crippen molar-refractivity contribution in [1.82, 2.24) is 0 Å². The molecule has 0 bridgehead atoms. The molecule has 0 amide bonds. The van der Waals surface area contributed by atoms with Crippen LogP contribution in [0, 0.1) is 0 Å². The van der Waals surface area contributed by atoms with Crippen molar-refractivity contribution in [2.24, 2.45) is 0 Å². The lowest BCUT2D eigenvalue weighted by atomic mass is 10.1. The highest BCUT2D eigenvalue weighted by Crippen LogP contribution is 2.32. The summed E-state index contributed by atoms with van der Waals surface area (Å²) in [6.07, 6.45) is -0.0384. The Labute approximate surface area is 88.1 Å². The summed E-state index contributed by atoms with van der Waals surface area (Å²) >= 11 is 5.17. The summed E-state index contributed by atoms with van der Waals surface area (Å²) in [4.78, 5) is 0. The summed E-state index contributed by atoms with van der Waals surface area (Å²) in [6.45, 7) is 3.51. The van der Waals surface area contributed by atoms with Crippen LogP contribution in [0.2, 0.25) is 0 Å². The zero-order valence-electron chi connectivity index (χ0n) is 8.55. The topological polar surface area (TPSA) is 0 Å². The minimum absolute atomic E-state index is 0.246. The SMILES string of the molecule is CCCCCC/C(C)=C(\Cl)C(F)(F)F. The Hall–Kier alpha value is -0.180. The number of unbranched alkanes of at least 4 members (excludes halogenated alkanes) is 3. The summed E-state index contributed by atoms with van der Waals surface area (Å²) in [5.74, 6) is 0. The first kappa shape index (κ1) is 13.8. The molecule has 14 heavy (non-hydrogen) atoms. The van der Waals surface area contributed by atoms with Gasteiger partial charge in [-0.25, -0.2) is 0 Å². The Kier molecular flexibility index (Phi) is 6.25. The summed E-state index contributed by atoms with van der Waals surface area (Å²) in [7, 11) is 0. The van der Waals surface area contributed by atoms with E-state index in [1.165, 1.54) is 6.92 Å². The second kappa shape index (κ2) is 6.33. The average Bonchev–Trinajstić information content (AvgIpc) is 2.09. The van der Waals surface area contributed by atoms with Crippen molar-refractivity contribution >= 4 is 11.6 Å². The zero-order chi connectivity index (χ0) is 11.2. The second-order valence-electron chi connectivity index (χ2n) is 3.40. The maximum absolute atomic E-state index is 12.1. The van der Waals surface area contributed by atoms with E-state index in [1.807, 2.05) is 0 Å². The number of hydrogen-bond acceptors (Lipinski definition) is 0. The number of alkyl halides is 3. The quantitative estimate of drug-likeness (QED) is 0.579. The first-order chi connectivity index (χ1) is 6.39. The predicted molar refractivity (Wildman–Crippen MR) is 53.4 cm³/mol. The first-order valence-electron chi connectivity index (χ1n) is 4.82. The lowest BCUT2D eigenvalue weighted by molar-refractivity contribution is -0.0853. The summed E-state index contributed by atoms with van der Waals surface area (Å²) in [5, 5.41) is -0.950. The van der Waals surface area contributed by atoms with Crippen molar-refractivity contribution in [3.63, 3.8) is 0 Å². The molecule has 4 heteroatoms. The minimum Gasteiger partial charge on any atom is -0.165 e. The summed E-state index contributed by atoms with van der Waals surface area (Å²) in [5.41, 5.74) is 0.246. The Morgan fingerprint density at radius 3 is 2.14 bits per heavy atom. The molecule has 0 saturated carbocycles. The molecule has 0 atom stereocenters. The van der Waals surface area contributed by atoms with Crippen LogP contribution in [0.25, 0.3) is 0 Å². The summed E-state index contributed by atoms with van der Waals surface area (Å²) < 4.78 is 36.3. The standard InChI is InChI=1S/C10H16ClF3/c1-3-4-5-6-7-8(2)9(11)10(12,13)14/h3-7H2,1-2H3/b9-8-. The lowest BCUT2D eigenvalue weighted by Gasteiger charge is -2.08. The van der Waals surface area contributed by atoms with Gasteiger partial charge in [-0.1, -0.05) is 37.8 Å². The van der Waals surface area contributed by atoms with E-state index in [2.05, 4.69) is 6.92 Å². The van der Waals surface area contributed by atoms with E-state index >= 15 is 0 Å². The van der Waals surface area contributed by atoms with Gasteiger partial charge in [-0.3, -0.25) is 0 Å². The minimum atomic E-state index is -4.38. The fourth-order valence-electron chi connectivity index (χ4n) is 1.17. The van der Waals surface area contributed by atoms with Crippen molar-refractivity contribution in [2.75, 3.05) is 0 Å². The fraction of sp³-hybridized carbons (Fsp3) is 0.800. The van der Waals surface area contributed by atoms with Gasteiger partial charge in [-0.2, -0.15) is 13.2 Å². The third-order valence-electron chi connectivity index (χ3n) is 2.03. The smallest absolute Gasteiger partial charge is 0.165 e. The molecular weight excluding hydrogens is 213 g/mol. The largest absolute Gasteiger partial charge is 0.426 e. The molecule has 0 aromatic carbocycles. The van der Waals surface area contributed by atoms with Gasteiger partial charge >= 0.3 is 6.18 Å². The van der Waals surface area contributed by atoms with Gasteiger partial charge in [0.25, 0.3) is 0 Å². The summed E-state index contributed by atoms with van der Waals surface area (Å²) in [6, 6.07) is 0. The van der Waals surface area contributed by atoms with Crippen molar-refractivity contribution < 1.29 is 13.2 Å². The van der Waals surface area contributed by atoms with Crippen LogP contribution >= 0.6 is 11.6 Å². The van der Waals surface area contributed by atoms with E-state index in [0.717, 1.165) is 25.7 Å². The van der Waals surface area contributed by atoms with Crippen LogP contribution in [0.15, 0.2) is 10.6 Å². The molecule has 0 saturated heterocycles. The lowest BCUT2D eigenvalue weighted by Crippen LogP contribution is -2.09. The first-order valence-corrected chi connectivity index (χ1v) is 5.19. The van der Waals surface area contributed by atoms with Crippen molar-refractivity contribution in [1.29, 1.82) is 0 Å². The molecule has 0 rings (SSSR count). The monoisotopic (exact) mass is 228 g/mol. The van der Waals surface area contributed by atoms with Crippen LogP contribution in [0.4, 0.5) is 13.2 Å². The normalized spacial score (nSPS) is 14.1. The molecule has 0 spiro atoms. The van der Waals surface area contributed by atoms with Crippen molar-refractivity contribution in [2.45, 2.75) is 52.1 Å². The Morgan fingerprint density at radius 1 is 1.14 bits per heavy atom. The molecule has 0 aliphatic rings. The Morgan fingerprint density at radius 2 is 1.71 bits per heavy atom. The Balaban J connectivity index is 3.99. The second-order valence-corrected chi connectivity index (χ2v) is 3.78. The molecule has 0 fully saturated rings. The number of rotatable bonds is 5. The maximum Gasteiger partial charge on any atom is 0.426 e. The number of hydrogen-bond donors (Lipinski definition) is 0. The van der Waals surface area contributed by atoms with Gasteiger partial charge in [-0.05, 0) is 25.3 Å². The van der Waals surface area contributed by atoms with Crippen LogP contribution in [-0.2, 0) is 0 Å². The molecule has 0 aromatic rings. The molecule has 0 aliphatic heterocycles. The van der Waals surface area contributed by atoms with Gasteiger partial charge in [0.15, 0.2) is 0 Å². The molecule has 0 N–H and O–H groups in total. The van der Waals surface area contributed by atoms with Crippen LogP contribution in [0.3, 0.4) is 0 Å². The van der Waals surface area contributed by atoms with Crippen molar-refractivity contribution in [3.8, 4) is 0 Å². The van der Waals surface area contributed by atoms with E-state index < -0.39 is 11.2 Å². The highest BCUT2D eigenvalue weighted by molar-refractivity contribution is 6.30. The molecule has 0 heterocycles. The highest BCUT2D eigenvalue weighted by Gasteiger charge is 2.33.